The lowest BCUT2D eigenvalue weighted by atomic mass is 9.95. The molecule has 5 heterocycles. The summed E-state index contributed by atoms with van der Waals surface area (Å²) in [5.41, 5.74) is 2.51. The maximum Gasteiger partial charge on any atom is 0.172 e. The summed E-state index contributed by atoms with van der Waals surface area (Å²) in [6, 6.07) is 10.9. The first-order valence-corrected chi connectivity index (χ1v) is 17.1. The van der Waals surface area contributed by atoms with Crippen molar-refractivity contribution in [2.45, 2.75) is 70.9 Å². The van der Waals surface area contributed by atoms with E-state index in [9.17, 15) is 5.11 Å². The van der Waals surface area contributed by atoms with Crippen LogP contribution in [0.5, 0.6) is 5.75 Å². The Morgan fingerprint density at radius 2 is 1.72 bits per heavy atom. The normalized spacial score (nSPS) is 22.5. The lowest BCUT2D eigenvalue weighted by molar-refractivity contribution is 0.0574. The van der Waals surface area contributed by atoms with E-state index in [0.717, 1.165) is 55.2 Å². The minimum atomic E-state index is 0.237. The molecule has 9 heteroatoms. The molecule has 3 saturated heterocycles. The van der Waals surface area contributed by atoms with Gasteiger partial charge in [-0.05, 0) is 109 Å². The van der Waals surface area contributed by atoms with Crippen LogP contribution in [-0.2, 0) is 0 Å². The summed E-state index contributed by atoms with van der Waals surface area (Å²) < 4.78 is 0. The smallest absolute Gasteiger partial charge is 0.172 e. The highest BCUT2D eigenvalue weighted by Gasteiger charge is 2.30. The van der Waals surface area contributed by atoms with Crippen molar-refractivity contribution in [3.8, 4) is 17.0 Å². The third-order valence-corrected chi connectivity index (χ3v) is 9.80. The Morgan fingerprint density at radius 3 is 2.44 bits per heavy atom. The second-order valence-electron chi connectivity index (χ2n) is 13.1. The quantitative estimate of drug-likeness (QED) is 0.414. The number of rotatable bonds is 8. The van der Waals surface area contributed by atoms with Crippen molar-refractivity contribution in [3.63, 3.8) is 0 Å². The Morgan fingerprint density at radius 1 is 0.953 bits per heavy atom. The van der Waals surface area contributed by atoms with Gasteiger partial charge in [0, 0.05) is 50.4 Å². The maximum absolute atomic E-state index is 10.3. The number of hydrogen-bond acceptors (Lipinski definition) is 9. The maximum atomic E-state index is 10.3. The van der Waals surface area contributed by atoms with Crippen molar-refractivity contribution < 1.29 is 5.11 Å². The fraction of sp³-hybridized carbons (Fsp3) is 0.706. The summed E-state index contributed by atoms with van der Waals surface area (Å²) in [6.45, 7) is 16.8. The number of anilines is 2. The average Bonchev–Trinajstić information content (AvgIpc) is 3.05. The van der Waals surface area contributed by atoms with Gasteiger partial charge in [-0.25, -0.2) is 0 Å². The number of aromatic nitrogens is 2. The predicted octanol–water partition coefficient (Wildman–Crippen LogP) is 4.36. The van der Waals surface area contributed by atoms with E-state index in [0.29, 0.717) is 11.7 Å². The zero-order valence-electron chi connectivity index (χ0n) is 27.0. The number of para-hydroxylation sites is 1. The van der Waals surface area contributed by atoms with Crippen LogP contribution in [-0.4, -0.2) is 121 Å². The van der Waals surface area contributed by atoms with Gasteiger partial charge < -0.3 is 35.3 Å². The summed E-state index contributed by atoms with van der Waals surface area (Å²) in [5, 5.41) is 26.1. The van der Waals surface area contributed by atoms with Crippen LogP contribution < -0.4 is 15.5 Å². The van der Waals surface area contributed by atoms with Crippen LogP contribution in [0.3, 0.4) is 0 Å². The molecule has 43 heavy (non-hydrogen) atoms. The van der Waals surface area contributed by atoms with Crippen LogP contribution in [0.2, 0.25) is 0 Å². The molecule has 238 valence electrons. The molecule has 4 aliphatic rings. The third kappa shape index (κ3) is 8.59. The standard InChI is InChI=1S/C31H48N8O.C3H8/c1-36(19-20-39-18-13-33-31-29(39)21-28(34-35-31)27-6-2-3-7-30(27)40)25-10-16-38(17-11-25)26-8-14-37(15-9-26)23-24-5-4-12-32-22-24;1-3-2/h2-3,6-7,21,24-26,32,40H,4-5,8-20,22-23H2,1H3,(H,33,35);3H2,1-2H3. The summed E-state index contributed by atoms with van der Waals surface area (Å²) in [5.74, 6) is 1.93. The number of likely N-dealkylation sites (tertiary alicyclic amines) is 2. The minimum absolute atomic E-state index is 0.237. The molecule has 6 rings (SSSR count). The van der Waals surface area contributed by atoms with Crippen LogP contribution in [0.25, 0.3) is 11.3 Å². The predicted molar refractivity (Wildman–Crippen MR) is 178 cm³/mol. The van der Waals surface area contributed by atoms with E-state index in [1.807, 2.05) is 18.2 Å². The Balaban J connectivity index is 0.00000118. The van der Waals surface area contributed by atoms with Crippen molar-refractivity contribution in [2.24, 2.45) is 5.92 Å². The van der Waals surface area contributed by atoms with Gasteiger partial charge in [-0.3, -0.25) is 0 Å². The number of piperidine rings is 3. The molecule has 0 radical (unpaired) electrons. The zero-order chi connectivity index (χ0) is 30.0. The number of phenolic OH excluding ortho intramolecular Hbond substituents is 1. The van der Waals surface area contributed by atoms with Crippen LogP contribution in [0.15, 0.2) is 30.3 Å². The number of benzene rings is 1. The van der Waals surface area contributed by atoms with Crippen LogP contribution in [0.4, 0.5) is 11.5 Å². The molecule has 1 aromatic heterocycles. The highest BCUT2D eigenvalue weighted by molar-refractivity contribution is 5.75. The molecule has 3 fully saturated rings. The van der Waals surface area contributed by atoms with E-state index in [-0.39, 0.29) is 5.75 Å². The van der Waals surface area contributed by atoms with Crippen LogP contribution >= 0.6 is 0 Å². The second-order valence-corrected chi connectivity index (χ2v) is 13.1. The molecular weight excluding hydrogens is 536 g/mol. The average molecular weight is 593 g/mol. The van der Waals surface area contributed by atoms with Crippen molar-refractivity contribution in [3.05, 3.63) is 30.3 Å². The van der Waals surface area contributed by atoms with Gasteiger partial charge in [0.2, 0.25) is 0 Å². The molecule has 0 saturated carbocycles. The Kier molecular flexibility index (Phi) is 11.9. The first kappa shape index (κ1) is 31.9. The van der Waals surface area contributed by atoms with Gasteiger partial charge >= 0.3 is 0 Å². The van der Waals surface area contributed by atoms with Crippen LogP contribution in [0, 0.1) is 5.92 Å². The second kappa shape index (κ2) is 16.0. The SMILES string of the molecule is CCC.CN(CCN1CCNc2nnc(-c3ccccc3O)cc21)C1CCN(C2CCN(CC3CCCNC3)CC2)CC1. The van der Waals surface area contributed by atoms with Gasteiger partial charge in [0.15, 0.2) is 5.82 Å². The summed E-state index contributed by atoms with van der Waals surface area (Å²) in [7, 11) is 2.31. The van der Waals surface area contributed by atoms with Gasteiger partial charge in [0.1, 0.15) is 5.75 Å². The molecule has 4 aliphatic heterocycles. The minimum Gasteiger partial charge on any atom is -0.507 e. The van der Waals surface area contributed by atoms with E-state index < -0.39 is 0 Å². The molecule has 2 aromatic rings. The molecule has 0 aliphatic carbocycles. The van der Waals surface area contributed by atoms with Gasteiger partial charge in [-0.15, -0.1) is 10.2 Å². The van der Waals surface area contributed by atoms with E-state index in [4.69, 9.17) is 0 Å². The molecule has 1 unspecified atom stereocenters. The Labute approximate surface area is 260 Å². The number of nitrogens with zero attached hydrogens (tertiary/aromatic N) is 6. The lowest BCUT2D eigenvalue weighted by Gasteiger charge is -2.44. The van der Waals surface area contributed by atoms with Gasteiger partial charge in [-0.1, -0.05) is 32.4 Å². The third-order valence-electron chi connectivity index (χ3n) is 9.80. The van der Waals surface area contributed by atoms with E-state index in [1.165, 1.54) is 90.8 Å². The van der Waals surface area contributed by atoms with Gasteiger partial charge in [0.05, 0.1) is 11.4 Å². The number of phenols is 1. The molecule has 9 nitrogen and oxygen atoms in total. The molecule has 0 spiro atoms. The number of fused-ring (bicyclic) bond motifs is 1. The molecule has 1 atom stereocenters. The summed E-state index contributed by atoms with van der Waals surface area (Å²) in [6.07, 6.45) is 9.23. The van der Waals surface area contributed by atoms with Gasteiger partial charge in [-0.2, -0.15) is 0 Å². The number of likely N-dealkylation sites (N-methyl/N-ethyl adjacent to an activating group) is 1. The van der Waals surface area contributed by atoms with E-state index in [1.54, 1.807) is 6.07 Å². The largest absolute Gasteiger partial charge is 0.507 e. The summed E-state index contributed by atoms with van der Waals surface area (Å²) in [4.78, 5) is 10.5. The Bertz CT molecular complexity index is 1110. The lowest BCUT2D eigenvalue weighted by Crippen LogP contribution is -2.52. The molecule has 1 aromatic carbocycles. The molecule has 0 bridgehead atoms. The first-order valence-electron chi connectivity index (χ1n) is 17.1. The highest BCUT2D eigenvalue weighted by atomic mass is 16.3. The Hall–Kier alpha value is -2.46. The fourth-order valence-corrected chi connectivity index (χ4v) is 7.30. The zero-order valence-corrected chi connectivity index (χ0v) is 27.0. The molecule has 0 amide bonds. The van der Waals surface area contributed by atoms with Crippen molar-refractivity contribution in [1.82, 2.24) is 30.2 Å². The number of aromatic hydroxyl groups is 1. The van der Waals surface area contributed by atoms with Gasteiger partial charge in [0.25, 0.3) is 0 Å². The molecule has 3 N–H and O–H groups in total. The monoisotopic (exact) mass is 592 g/mol. The number of hydrogen-bond donors (Lipinski definition) is 3. The summed E-state index contributed by atoms with van der Waals surface area (Å²) >= 11 is 0. The highest BCUT2D eigenvalue weighted by Crippen LogP contribution is 2.33. The fourth-order valence-electron chi connectivity index (χ4n) is 7.30. The van der Waals surface area contributed by atoms with Crippen molar-refractivity contribution in [1.29, 1.82) is 0 Å². The van der Waals surface area contributed by atoms with E-state index in [2.05, 4.69) is 67.4 Å². The number of nitrogens with one attached hydrogen (secondary N) is 2. The molecular formula is C34H56N8O. The van der Waals surface area contributed by atoms with Crippen LogP contribution in [0.1, 0.15) is 58.8 Å². The first-order chi connectivity index (χ1) is 21.1. The van der Waals surface area contributed by atoms with Crippen molar-refractivity contribution in [2.75, 3.05) is 89.3 Å². The topological polar surface area (TPSA) is 83.0 Å². The van der Waals surface area contributed by atoms with Crippen molar-refractivity contribution >= 4 is 11.5 Å². The van der Waals surface area contributed by atoms with E-state index >= 15 is 0 Å².